The van der Waals surface area contributed by atoms with Crippen LogP contribution in [0.5, 0.6) is 5.75 Å². The molecule has 0 bridgehead atoms. The molecule has 1 fully saturated rings. The molecule has 6 heteroatoms. The second-order valence-electron chi connectivity index (χ2n) is 8.03. The van der Waals surface area contributed by atoms with Crippen LogP contribution in [0.25, 0.3) is 0 Å². The first kappa shape index (κ1) is 22.5. The van der Waals surface area contributed by atoms with Gasteiger partial charge in [0.15, 0.2) is 5.78 Å². The Labute approximate surface area is 183 Å². The summed E-state index contributed by atoms with van der Waals surface area (Å²) in [5, 5.41) is 0. The number of nitrogens with zero attached hydrogens (tertiary/aromatic N) is 1. The van der Waals surface area contributed by atoms with Gasteiger partial charge in [-0.3, -0.25) is 14.4 Å². The third-order valence-electron chi connectivity index (χ3n) is 5.58. The molecule has 1 aliphatic heterocycles. The summed E-state index contributed by atoms with van der Waals surface area (Å²) >= 11 is 0. The van der Waals surface area contributed by atoms with E-state index in [0.29, 0.717) is 30.8 Å². The fourth-order valence-electron chi connectivity index (χ4n) is 3.69. The highest BCUT2D eigenvalue weighted by Gasteiger charge is 2.30. The maximum atomic E-state index is 12.4. The first-order valence-corrected chi connectivity index (χ1v) is 10.6. The van der Waals surface area contributed by atoms with Gasteiger partial charge in [-0.05, 0) is 36.2 Å². The Morgan fingerprint density at radius 1 is 1.10 bits per heavy atom. The van der Waals surface area contributed by atoms with E-state index in [9.17, 15) is 14.4 Å². The molecule has 164 valence electrons. The predicted octanol–water partition coefficient (Wildman–Crippen LogP) is 3.54. The van der Waals surface area contributed by atoms with E-state index in [2.05, 4.69) is 12.1 Å². The highest BCUT2D eigenvalue weighted by Crippen LogP contribution is 2.20. The SMILES string of the molecule is COc1ccc(C(=O)C[C@H](C)C(=O)OC[C@H]2CC(=O)N(CCc3ccccc3)C2)cc1. The third kappa shape index (κ3) is 6.41. The van der Waals surface area contributed by atoms with Crippen LogP contribution in [0.15, 0.2) is 54.6 Å². The van der Waals surface area contributed by atoms with Crippen LogP contribution >= 0.6 is 0 Å². The highest BCUT2D eigenvalue weighted by atomic mass is 16.5. The van der Waals surface area contributed by atoms with Crippen molar-refractivity contribution in [3.05, 3.63) is 65.7 Å². The van der Waals surface area contributed by atoms with Crippen molar-refractivity contribution in [2.45, 2.75) is 26.2 Å². The summed E-state index contributed by atoms with van der Waals surface area (Å²) in [5.41, 5.74) is 1.73. The van der Waals surface area contributed by atoms with Crippen LogP contribution in [0.3, 0.4) is 0 Å². The van der Waals surface area contributed by atoms with Crippen LogP contribution in [-0.2, 0) is 20.7 Å². The number of carbonyl (C=O) groups is 3. The largest absolute Gasteiger partial charge is 0.497 e. The summed E-state index contributed by atoms with van der Waals surface area (Å²) in [7, 11) is 1.56. The Morgan fingerprint density at radius 3 is 2.48 bits per heavy atom. The lowest BCUT2D eigenvalue weighted by Crippen LogP contribution is -2.28. The zero-order valence-corrected chi connectivity index (χ0v) is 18.1. The molecular weight excluding hydrogens is 394 g/mol. The molecule has 2 aromatic carbocycles. The molecule has 2 aromatic rings. The molecule has 0 spiro atoms. The minimum absolute atomic E-state index is 0.00304. The number of hydrogen-bond acceptors (Lipinski definition) is 5. The van der Waals surface area contributed by atoms with Crippen LogP contribution in [0.2, 0.25) is 0 Å². The number of esters is 1. The lowest BCUT2D eigenvalue weighted by Gasteiger charge is -2.17. The Morgan fingerprint density at radius 2 is 1.81 bits per heavy atom. The smallest absolute Gasteiger partial charge is 0.309 e. The average Bonchev–Trinajstić information content (AvgIpc) is 3.16. The van der Waals surface area contributed by atoms with Gasteiger partial charge in [-0.25, -0.2) is 0 Å². The van der Waals surface area contributed by atoms with Gasteiger partial charge in [0.25, 0.3) is 0 Å². The molecular formula is C25H29NO5. The van der Waals surface area contributed by atoms with Gasteiger partial charge in [0, 0.05) is 37.4 Å². The molecule has 1 heterocycles. The van der Waals surface area contributed by atoms with Crippen molar-refractivity contribution < 1.29 is 23.9 Å². The maximum Gasteiger partial charge on any atom is 0.309 e. The van der Waals surface area contributed by atoms with Crippen LogP contribution in [-0.4, -0.2) is 49.4 Å². The maximum absolute atomic E-state index is 12.4. The quantitative estimate of drug-likeness (QED) is 0.432. The van der Waals surface area contributed by atoms with E-state index >= 15 is 0 Å². The zero-order valence-electron chi connectivity index (χ0n) is 18.1. The topological polar surface area (TPSA) is 72.9 Å². The number of likely N-dealkylation sites (tertiary alicyclic amines) is 1. The second kappa shape index (κ2) is 10.8. The summed E-state index contributed by atoms with van der Waals surface area (Å²) in [6.07, 6.45) is 1.28. The standard InChI is InChI=1S/C25H29NO5/c1-18(14-23(27)21-8-10-22(30-2)11-9-21)25(29)31-17-20-15-24(28)26(16-20)13-12-19-6-4-3-5-7-19/h3-11,18,20H,12-17H2,1-2H3/t18-,20-/m0/s1. The van der Waals surface area contributed by atoms with Crippen molar-refractivity contribution in [2.75, 3.05) is 26.8 Å². The van der Waals surface area contributed by atoms with Crippen LogP contribution in [0.4, 0.5) is 0 Å². The molecule has 6 nitrogen and oxygen atoms in total. The zero-order chi connectivity index (χ0) is 22.2. The normalized spacial score (nSPS) is 16.8. The number of hydrogen-bond donors (Lipinski definition) is 0. The van der Waals surface area contributed by atoms with Gasteiger partial charge in [0.1, 0.15) is 5.75 Å². The number of methoxy groups -OCH3 is 1. The number of benzene rings is 2. The lowest BCUT2D eigenvalue weighted by atomic mass is 10.00. The first-order chi connectivity index (χ1) is 15.0. The number of Topliss-reactive ketones (excluding diaryl/α,β-unsaturated/α-hetero) is 1. The van der Waals surface area contributed by atoms with Gasteiger partial charge in [-0.2, -0.15) is 0 Å². The third-order valence-corrected chi connectivity index (χ3v) is 5.58. The molecule has 0 N–H and O–H groups in total. The van der Waals surface area contributed by atoms with Crippen LogP contribution in [0.1, 0.15) is 35.7 Å². The van der Waals surface area contributed by atoms with E-state index in [4.69, 9.17) is 9.47 Å². The Hall–Kier alpha value is -3.15. The van der Waals surface area contributed by atoms with Crippen molar-refractivity contribution in [1.29, 1.82) is 0 Å². The van der Waals surface area contributed by atoms with Gasteiger partial charge in [0.2, 0.25) is 5.91 Å². The van der Waals surface area contributed by atoms with Gasteiger partial charge < -0.3 is 14.4 Å². The van der Waals surface area contributed by atoms with Crippen molar-refractivity contribution >= 4 is 17.7 Å². The molecule has 2 atom stereocenters. The monoisotopic (exact) mass is 423 g/mol. The predicted molar refractivity (Wildman–Crippen MR) is 117 cm³/mol. The number of amides is 1. The summed E-state index contributed by atoms with van der Waals surface area (Å²) in [6.45, 7) is 3.15. The molecule has 0 radical (unpaired) electrons. The van der Waals surface area contributed by atoms with Gasteiger partial charge >= 0.3 is 5.97 Å². The Bertz CT molecular complexity index is 894. The van der Waals surface area contributed by atoms with Gasteiger partial charge in [0.05, 0.1) is 19.6 Å². The van der Waals surface area contributed by atoms with Crippen molar-refractivity contribution in [3.8, 4) is 5.75 Å². The van der Waals surface area contributed by atoms with E-state index in [1.165, 1.54) is 5.56 Å². The van der Waals surface area contributed by atoms with E-state index in [0.717, 1.165) is 6.42 Å². The lowest BCUT2D eigenvalue weighted by molar-refractivity contribution is -0.149. The van der Waals surface area contributed by atoms with Gasteiger partial charge in [-0.15, -0.1) is 0 Å². The molecule has 0 unspecified atom stereocenters. The molecule has 0 saturated carbocycles. The fraction of sp³-hybridized carbons (Fsp3) is 0.400. The summed E-state index contributed by atoms with van der Waals surface area (Å²) in [4.78, 5) is 38.8. The van der Waals surface area contributed by atoms with Crippen molar-refractivity contribution in [3.63, 3.8) is 0 Å². The Kier molecular flexibility index (Phi) is 7.82. The van der Waals surface area contributed by atoms with Crippen molar-refractivity contribution in [2.24, 2.45) is 11.8 Å². The average molecular weight is 424 g/mol. The van der Waals surface area contributed by atoms with E-state index in [1.54, 1.807) is 38.3 Å². The molecule has 1 saturated heterocycles. The highest BCUT2D eigenvalue weighted by molar-refractivity contribution is 5.98. The Balaban J connectivity index is 1.41. The minimum atomic E-state index is -0.541. The number of ether oxygens (including phenoxy) is 2. The molecule has 1 aliphatic rings. The summed E-state index contributed by atoms with van der Waals surface area (Å²) in [5.74, 6) is -0.294. The molecule has 31 heavy (non-hydrogen) atoms. The fourth-order valence-corrected chi connectivity index (χ4v) is 3.69. The number of ketones is 1. The van der Waals surface area contributed by atoms with E-state index in [-0.39, 0.29) is 30.6 Å². The van der Waals surface area contributed by atoms with E-state index in [1.807, 2.05) is 23.1 Å². The number of rotatable bonds is 10. The van der Waals surface area contributed by atoms with Crippen LogP contribution in [0, 0.1) is 11.8 Å². The molecule has 3 rings (SSSR count). The summed E-state index contributed by atoms with van der Waals surface area (Å²) in [6, 6.07) is 16.9. The number of carbonyl (C=O) groups excluding carboxylic acids is 3. The van der Waals surface area contributed by atoms with Crippen LogP contribution < -0.4 is 4.74 Å². The molecule has 1 amide bonds. The molecule has 0 aliphatic carbocycles. The van der Waals surface area contributed by atoms with E-state index < -0.39 is 11.9 Å². The second-order valence-corrected chi connectivity index (χ2v) is 8.03. The van der Waals surface area contributed by atoms with Crippen molar-refractivity contribution in [1.82, 2.24) is 4.90 Å². The first-order valence-electron chi connectivity index (χ1n) is 10.6. The minimum Gasteiger partial charge on any atom is -0.497 e. The van der Waals surface area contributed by atoms with Gasteiger partial charge in [-0.1, -0.05) is 37.3 Å². The summed E-state index contributed by atoms with van der Waals surface area (Å²) < 4.78 is 10.5. The molecule has 0 aromatic heterocycles.